The van der Waals surface area contributed by atoms with E-state index in [2.05, 4.69) is 54.6 Å². The van der Waals surface area contributed by atoms with Gasteiger partial charge in [-0.25, -0.2) is 0 Å². The summed E-state index contributed by atoms with van der Waals surface area (Å²) in [5.74, 6) is 2.07. The molecule has 1 atom stereocenters. The lowest BCUT2D eigenvalue weighted by Gasteiger charge is -2.31. The highest BCUT2D eigenvalue weighted by molar-refractivity contribution is 5.67. The maximum absolute atomic E-state index is 5.50. The van der Waals surface area contributed by atoms with Gasteiger partial charge in [0.1, 0.15) is 5.75 Å². The molecule has 0 bridgehead atoms. The van der Waals surface area contributed by atoms with Crippen molar-refractivity contribution in [1.82, 2.24) is 4.90 Å². The van der Waals surface area contributed by atoms with E-state index in [1.165, 1.54) is 11.1 Å². The average molecular weight is 337 g/mol. The number of likely N-dealkylation sites (N-methyl/N-ethyl adjacent to an activating group) is 1. The van der Waals surface area contributed by atoms with Crippen LogP contribution in [0.5, 0.6) is 17.2 Å². The van der Waals surface area contributed by atoms with Gasteiger partial charge in [-0.1, -0.05) is 36.5 Å². The van der Waals surface area contributed by atoms with Crippen LogP contribution in [0.4, 0.5) is 0 Å². The molecule has 0 radical (unpaired) electrons. The number of hydrogen-bond acceptors (Lipinski definition) is 4. The fourth-order valence-corrected chi connectivity index (χ4v) is 3.05. The molecule has 4 heteroatoms. The van der Waals surface area contributed by atoms with Crippen LogP contribution in [0.1, 0.15) is 5.56 Å². The molecule has 0 amide bonds. The highest BCUT2D eigenvalue weighted by Crippen LogP contribution is 2.36. The van der Waals surface area contributed by atoms with Gasteiger partial charge in [-0.15, -0.1) is 0 Å². The Hall–Kier alpha value is -2.88. The molecule has 0 aromatic heterocycles. The van der Waals surface area contributed by atoms with Crippen molar-refractivity contribution in [3.8, 4) is 17.2 Å². The molecule has 1 aromatic rings. The van der Waals surface area contributed by atoms with Gasteiger partial charge in [0, 0.05) is 24.9 Å². The number of ether oxygens (including phenoxy) is 3. The number of rotatable bonds is 5. The van der Waals surface area contributed by atoms with Crippen LogP contribution in [0.3, 0.4) is 0 Å². The summed E-state index contributed by atoms with van der Waals surface area (Å²) in [6, 6.07) is 4.04. The van der Waals surface area contributed by atoms with Gasteiger partial charge in [-0.2, -0.15) is 0 Å². The van der Waals surface area contributed by atoms with Crippen molar-refractivity contribution < 1.29 is 14.2 Å². The van der Waals surface area contributed by atoms with Crippen LogP contribution in [-0.4, -0.2) is 39.3 Å². The number of fused-ring (bicyclic) bond motifs is 1. The molecular weight excluding hydrogens is 314 g/mol. The van der Waals surface area contributed by atoms with E-state index in [1.807, 2.05) is 18.2 Å². The minimum Gasteiger partial charge on any atom is -0.496 e. The van der Waals surface area contributed by atoms with E-state index in [9.17, 15) is 0 Å². The Labute approximate surface area is 149 Å². The summed E-state index contributed by atoms with van der Waals surface area (Å²) >= 11 is 0. The van der Waals surface area contributed by atoms with Gasteiger partial charge in [0.25, 0.3) is 0 Å². The summed E-state index contributed by atoms with van der Waals surface area (Å²) in [4.78, 5) is 2.20. The highest BCUT2D eigenvalue weighted by Gasteiger charge is 2.20. The normalized spacial score (nSPS) is 18.7. The first kappa shape index (κ1) is 17.0. The van der Waals surface area contributed by atoms with E-state index >= 15 is 0 Å². The molecule has 1 unspecified atom stereocenters. The second-order valence-corrected chi connectivity index (χ2v) is 5.86. The first-order chi connectivity index (χ1) is 12.2. The number of nitrogens with zero attached hydrogens (tertiary/aromatic N) is 1. The standard InChI is InChI=1S/C21H23NO3/c1-22-12-11-15(17-7-5-6-8-18(17)22)9-10-16-13-20(24-3)21(25-4)14-19(16)23-2/h5-14,18H,1-4H3/b10-9+. The molecule has 2 aliphatic rings. The van der Waals surface area contributed by atoms with Crippen molar-refractivity contribution in [1.29, 1.82) is 0 Å². The third-order valence-electron chi connectivity index (χ3n) is 4.44. The van der Waals surface area contributed by atoms with Gasteiger partial charge in [0.15, 0.2) is 11.5 Å². The van der Waals surface area contributed by atoms with Gasteiger partial charge < -0.3 is 19.1 Å². The molecule has 0 saturated heterocycles. The lowest BCUT2D eigenvalue weighted by atomic mass is 9.92. The van der Waals surface area contributed by atoms with Crippen molar-refractivity contribution in [3.05, 3.63) is 71.5 Å². The molecule has 130 valence electrons. The van der Waals surface area contributed by atoms with Gasteiger partial charge in [0.05, 0.1) is 27.4 Å². The molecule has 4 nitrogen and oxygen atoms in total. The van der Waals surface area contributed by atoms with E-state index < -0.39 is 0 Å². The smallest absolute Gasteiger partial charge is 0.164 e. The lowest BCUT2D eigenvalue weighted by molar-refractivity contribution is 0.348. The number of methoxy groups -OCH3 is 3. The zero-order chi connectivity index (χ0) is 17.8. The van der Waals surface area contributed by atoms with Gasteiger partial charge >= 0.3 is 0 Å². The van der Waals surface area contributed by atoms with Crippen LogP contribution in [-0.2, 0) is 0 Å². The maximum Gasteiger partial charge on any atom is 0.164 e. The zero-order valence-electron chi connectivity index (χ0n) is 15.0. The number of hydrogen-bond donors (Lipinski definition) is 0. The Morgan fingerprint density at radius 1 is 0.880 bits per heavy atom. The first-order valence-electron chi connectivity index (χ1n) is 8.15. The second kappa shape index (κ2) is 7.34. The van der Waals surface area contributed by atoms with Gasteiger partial charge in [0.2, 0.25) is 0 Å². The largest absolute Gasteiger partial charge is 0.496 e. The molecule has 1 aromatic carbocycles. The molecule has 0 N–H and O–H groups in total. The molecule has 1 aliphatic carbocycles. The Morgan fingerprint density at radius 3 is 2.32 bits per heavy atom. The summed E-state index contributed by atoms with van der Waals surface area (Å²) in [5, 5.41) is 0. The maximum atomic E-state index is 5.50. The van der Waals surface area contributed by atoms with E-state index in [0.717, 1.165) is 11.3 Å². The monoisotopic (exact) mass is 337 g/mol. The van der Waals surface area contributed by atoms with Crippen molar-refractivity contribution in [2.24, 2.45) is 0 Å². The zero-order valence-corrected chi connectivity index (χ0v) is 15.0. The predicted molar refractivity (Wildman–Crippen MR) is 101 cm³/mol. The number of benzene rings is 1. The van der Waals surface area contributed by atoms with Gasteiger partial charge in [-0.05, 0) is 23.3 Å². The van der Waals surface area contributed by atoms with E-state index in [0.29, 0.717) is 11.5 Å². The van der Waals surface area contributed by atoms with Crippen LogP contribution in [0.25, 0.3) is 6.08 Å². The SMILES string of the molecule is COc1cc(OC)c(OC)cc1/C=C/C1=C2C=CC=CC2N(C)C=C1. The average Bonchev–Trinajstić information content (AvgIpc) is 2.67. The fourth-order valence-electron chi connectivity index (χ4n) is 3.05. The van der Waals surface area contributed by atoms with Crippen molar-refractivity contribution in [2.75, 3.05) is 28.4 Å². The Balaban J connectivity index is 1.98. The summed E-state index contributed by atoms with van der Waals surface area (Å²) in [6.07, 6.45) is 16.9. The molecule has 3 rings (SSSR count). The van der Waals surface area contributed by atoms with E-state index in [1.54, 1.807) is 21.3 Å². The first-order valence-corrected chi connectivity index (χ1v) is 8.15. The summed E-state index contributed by atoms with van der Waals surface area (Å²) < 4.78 is 16.2. The number of allylic oxidation sites excluding steroid dienone is 5. The minimum atomic E-state index is 0.280. The summed E-state index contributed by atoms with van der Waals surface area (Å²) in [5.41, 5.74) is 3.40. The van der Waals surface area contributed by atoms with Crippen LogP contribution in [0.2, 0.25) is 0 Å². The summed E-state index contributed by atoms with van der Waals surface area (Å²) in [7, 11) is 6.99. The lowest BCUT2D eigenvalue weighted by Crippen LogP contribution is -2.30. The van der Waals surface area contributed by atoms with Crippen LogP contribution < -0.4 is 14.2 Å². The molecule has 0 fully saturated rings. The minimum absolute atomic E-state index is 0.280. The highest BCUT2D eigenvalue weighted by atomic mass is 16.5. The molecular formula is C21H23NO3. The van der Waals surface area contributed by atoms with Crippen molar-refractivity contribution in [2.45, 2.75) is 6.04 Å². The van der Waals surface area contributed by atoms with Crippen LogP contribution in [0, 0.1) is 0 Å². The third kappa shape index (κ3) is 3.33. The Bertz CT molecular complexity index is 800. The molecule has 1 heterocycles. The fraction of sp³-hybridized carbons (Fsp3) is 0.238. The third-order valence-corrected chi connectivity index (χ3v) is 4.44. The van der Waals surface area contributed by atoms with E-state index in [4.69, 9.17) is 14.2 Å². The van der Waals surface area contributed by atoms with Crippen molar-refractivity contribution in [3.63, 3.8) is 0 Å². The van der Waals surface area contributed by atoms with Gasteiger partial charge in [-0.3, -0.25) is 0 Å². The Morgan fingerprint density at radius 2 is 1.60 bits per heavy atom. The molecule has 0 spiro atoms. The molecule has 0 saturated carbocycles. The predicted octanol–water partition coefficient (Wildman–Crippen LogP) is 3.98. The van der Waals surface area contributed by atoms with Crippen LogP contribution >= 0.6 is 0 Å². The topological polar surface area (TPSA) is 30.9 Å². The molecule has 25 heavy (non-hydrogen) atoms. The van der Waals surface area contributed by atoms with Crippen LogP contribution in [0.15, 0.2) is 65.9 Å². The summed E-state index contributed by atoms with van der Waals surface area (Å²) in [6.45, 7) is 0. The molecule has 1 aliphatic heterocycles. The Kier molecular flexibility index (Phi) is 4.98. The quantitative estimate of drug-likeness (QED) is 0.813. The van der Waals surface area contributed by atoms with E-state index in [-0.39, 0.29) is 6.04 Å². The van der Waals surface area contributed by atoms with Crippen molar-refractivity contribution >= 4 is 6.08 Å². The second-order valence-electron chi connectivity index (χ2n) is 5.86.